The molecule has 1 aromatic rings. The third kappa shape index (κ3) is 5.02. The Balaban J connectivity index is 2.52. The normalized spacial score (nSPS) is 13.0. The fraction of sp³-hybridized carbons (Fsp3) is 0.846. The van der Waals surface area contributed by atoms with Crippen LogP contribution in [0.15, 0.2) is 0 Å². The van der Waals surface area contributed by atoms with Gasteiger partial charge in [0.2, 0.25) is 5.13 Å². The standard InChI is InChI=1S/C13H25N3S/c1-5-7-9-11(8-6-2)14-13-15-12(10(3)4)16-17-13/h10-11H,5-9H2,1-4H3,(H,14,15,16). The molecule has 1 rings (SSSR count). The zero-order chi connectivity index (χ0) is 12.7. The summed E-state index contributed by atoms with van der Waals surface area (Å²) < 4.78 is 4.38. The van der Waals surface area contributed by atoms with E-state index in [4.69, 9.17) is 0 Å². The van der Waals surface area contributed by atoms with Crippen molar-refractivity contribution in [2.45, 2.75) is 71.8 Å². The lowest BCUT2D eigenvalue weighted by Gasteiger charge is -2.16. The first-order valence-electron chi connectivity index (χ1n) is 6.77. The van der Waals surface area contributed by atoms with E-state index in [-0.39, 0.29) is 0 Å². The number of anilines is 1. The summed E-state index contributed by atoms with van der Waals surface area (Å²) in [7, 11) is 0. The zero-order valence-corrected chi connectivity index (χ0v) is 12.3. The first-order valence-corrected chi connectivity index (χ1v) is 7.54. The largest absolute Gasteiger partial charge is 0.358 e. The molecule has 0 saturated carbocycles. The number of nitrogens with zero attached hydrogens (tertiary/aromatic N) is 2. The van der Waals surface area contributed by atoms with E-state index in [9.17, 15) is 0 Å². The maximum absolute atomic E-state index is 4.54. The van der Waals surface area contributed by atoms with Gasteiger partial charge in [0.1, 0.15) is 5.82 Å². The van der Waals surface area contributed by atoms with E-state index in [1.807, 2.05) is 0 Å². The Morgan fingerprint density at radius 3 is 2.47 bits per heavy atom. The van der Waals surface area contributed by atoms with Gasteiger partial charge in [-0.15, -0.1) is 0 Å². The SMILES string of the molecule is CCCCC(CCC)Nc1nc(C(C)C)ns1. The Labute approximate surface area is 109 Å². The van der Waals surface area contributed by atoms with Crippen LogP contribution in [0.3, 0.4) is 0 Å². The molecule has 0 fully saturated rings. The number of rotatable bonds is 8. The average molecular weight is 255 g/mol. The molecule has 1 aromatic heterocycles. The van der Waals surface area contributed by atoms with Crippen LogP contribution in [0.5, 0.6) is 0 Å². The summed E-state index contributed by atoms with van der Waals surface area (Å²) in [6.45, 7) is 8.74. The molecule has 0 amide bonds. The summed E-state index contributed by atoms with van der Waals surface area (Å²) in [5.41, 5.74) is 0. The van der Waals surface area contributed by atoms with Crippen molar-refractivity contribution in [1.29, 1.82) is 0 Å². The minimum Gasteiger partial charge on any atom is -0.358 e. The van der Waals surface area contributed by atoms with E-state index in [2.05, 4.69) is 42.4 Å². The molecule has 1 unspecified atom stereocenters. The minimum atomic E-state index is 0.419. The Bertz CT molecular complexity index is 309. The monoisotopic (exact) mass is 255 g/mol. The molecule has 3 nitrogen and oxygen atoms in total. The van der Waals surface area contributed by atoms with Gasteiger partial charge in [-0.2, -0.15) is 4.37 Å². The maximum atomic E-state index is 4.54. The van der Waals surface area contributed by atoms with Crippen molar-refractivity contribution < 1.29 is 0 Å². The van der Waals surface area contributed by atoms with Crippen LogP contribution in [-0.2, 0) is 0 Å². The molecule has 0 aliphatic carbocycles. The molecule has 1 heterocycles. The van der Waals surface area contributed by atoms with Gasteiger partial charge in [0.15, 0.2) is 0 Å². The van der Waals surface area contributed by atoms with Crippen molar-refractivity contribution >= 4 is 16.7 Å². The lowest BCUT2D eigenvalue weighted by molar-refractivity contribution is 0.564. The predicted molar refractivity (Wildman–Crippen MR) is 75.8 cm³/mol. The molecule has 1 N–H and O–H groups in total. The van der Waals surface area contributed by atoms with Crippen molar-refractivity contribution in [2.24, 2.45) is 0 Å². The van der Waals surface area contributed by atoms with Gasteiger partial charge in [-0.05, 0) is 12.8 Å². The quantitative estimate of drug-likeness (QED) is 0.746. The third-order valence-electron chi connectivity index (χ3n) is 2.83. The first kappa shape index (κ1) is 14.4. The predicted octanol–water partition coefficient (Wildman–Crippen LogP) is 4.43. The summed E-state index contributed by atoms with van der Waals surface area (Å²) in [5.74, 6) is 1.38. The lowest BCUT2D eigenvalue weighted by Crippen LogP contribution is -2.19. The van der Waals surface area contributed by atoms with Gasteiger partial charge in [0.25, 0.3) is 0 Å². The van der Waals surface area contributed by atoms with E-state index in [0.29, 0.717) is 12.0 Å². The Kier molecular flexibility index (Phi) is 6.48. The molecule has 0 aliphatic heterocycles. The Hall–Kier alpha value is -0.640. The third-order valence-corrected chi connectivity index (χ3v) is 3.49. The molecule has 0 bridgehead atoms. The highest BCUT2D eigenvalue weighted by Gasteiger charge is 2.12. The second-order valence-electron chi connectivity index (χ2n) is 4.88. The van der Waals surface area contributed by atoms with Gasteiger partial charge in [0, 0.05) is 23.5 Å². The molecule has 0 radical (unpaired) electrons. The van der Waals surface area contributed by atoms with Crippen LogP contribution in [0.25, 0.3) is 0 Å². The minimum absolute atomic E-state index is 0.419. The number of unbranched alkanes of at least 4 members (excludes halogenated alkanes) is 1. The van der Waals surface area contributed by atoms with Crippen LogP contribution in [0, 0.1) is 0 Å². The van der Waals surface area contributed by atoms with Crippen molar-refractivity contribution in [3.8, 4) is 0 Å². The molecule has 1 atom stereocenters. The molecule has 0 aromatic carbocycles. The van der Waals surface area contributed by atoms with Crippen LogP contribution in [-0.4, -0.2) is 15.4 Å². The highest BCUT2D eigenvalue weighted by atomic mass is 32.1. The number of nitrogens with one attached hydrogen (secondary N) is 1. The maximum Gasteiger partial charge on any atom is 0.202 e. The molecule has 0 saturated heterocycles. The van der Waals surface area contributed by atoms with Gasteiger partial charge < -0.3 is 5.32 Å². The van der Waals surface area contributed by atoms with E-state index in [1.165, 1.54) is 43.6 Å². The number of hydrogen-bond acceptors (Lipinski definition) is 4. The number of aromatic nitrogens is 2. The fourth-order valence-electron chi connectivity index (χ4n) is 1.79. The Morgan fingerprint density at radius 2 is 1.94 bits per heavy atom. The summed E-state index contributed by atoms with van der Waals surface area (Å²) in [6, 6.07) is 0.563. The van der Waals surface area contributed by atoms with Crippen LogP contribution in [0.4, 0.5) is 5.13 Å². The van der Waals surface area contributed by atoms with E-state index < -0.39 is 0 Å². The summed E-state index contributed by atoms with van der Waals surface area (Å²) in [6.07, 6.45) is 6.22. The van der Waals surface area contributed by atoms with Gasteiger partial charge in [-0.1, -0.05) is 47.0 Å². The Morgan fingerprint density at radius 1 is 1.18 bits per heavy atom. The summed E-state index contributed by atoms with van der Waals surface area (Å²) >= 11 is 1.49. The van der Waals surface area contributed by atoms with Crippen LogP contribution < -0.4 is 5.32 Å². The smallest absolute Gasteiger partial charge is 0.202 e. The molecular weight excluding hydrogens is 230 g/mol. The van der Waals surface area contributed by atoms with Gasteiger partial charge >= 0.3 is 0 Å². The fourth-order valence-corrected chi connectivity index (χ4v) is 2.58. The molecule has 0 aliphatic rings. The molecular formula is C13H25N3S. The second kappa shape index (κ2) is 7.64. The van der Waals surface area contributed by atoms with Crippen LogP contribution >= 0.6 is 11.5 Å². The molecule has 98 valence electrons. The van der Waals surface area contributed by atoms with E-state index in [1.54, 1.807) is 0 Å². The highest BCUT2D eigenvalue weighted by Crippen LogP contribution is 2.20. The first-order chi connectivity index (χ1) is 8.17. The van der Waals surface area contributed by atoms with Gasteiger partial charge in [0.05, 0.1) is 0 Å². The zero-order valence-electron chi connectivity index (χ0n) is 11.5. The lowest BCUT2D eigenvalue weighted by atomic mass is 10.1. The van der Waals surface area contributed by atoms with Crippen molar-refractivity contribution in [2.75, 3.05) is 5.32 Å². The van der Waals surface area contributed by atoms with Crippen LogP contribution in [0.1, 0.15) is 71.5 Å². The molecule has 4 heteroatoms. The van der Waals surface area contributed by atoms with Gasteiger partial charge in [-0.3, -0.25) is 0 Å². The topological polar surface area (TPSA) is 37.8 Å². The summed E-state index contributed by atoms with van der Waals surface area (Å²) in [4.78, 5) is 4.54. The summed E-state index contributed by atoms with van der Waals surface area (Å²) in [5, 5.41) is 4.52. The average Bonchev–Trinajstić information content (AvgIpc) is 2.75. The van der Waals surface area contributed by atoms with Crippen LogP contribution in [0.2, 0.25) is 0 Å². The second-order valence-corrected chi connectivity index (χ2v) is 5.64. The highest BCUT2D eigenvalue weighted by molar-refractivity contribution is 7.09. The van der Waals surface area contributed by atoms with Crippen molar-refractivity contribution in [3.63, 3.8) is 0 Å². The van der Waals surface area contributed by atoms with Crippen molar-refractivity contribution in [1.82, 2.24) is 9.36 Å². The van der Waals surface area contributed by atoms with Gasteiger partial charge in [-0.25, -0.2) is 4.98 Å². The molecule has 17 heavy (non-hydrogen) atoms. The van der Waals surface area contributed by atoms with Crippen molar-refractivity contribution in [3.05, 3.63) is 5.82 Å². The molecule has 0 spiro atoms. The van der Waals surface area contributed by atoms with E-state index >= 15 is 0 Å². The number of hydrogen-bond donors (Lipinski definition) is 1. The van der Waals surface area contributed by atoms with E-state index in [0.717, 1.165) is 11.0 Å².